The van der Waals surface area contributed by atoms with E-state index in [4.69, 9.17) is 11.6 Å². The highest BCUT2D eigenvalue weighted by atomic mass is 35.5. The van der Waals surface area contributed by atoms with Crippen molar-refractivity contribution < 1.29 is 14.0 Å². The molecule has 0 unspecified atom stereocenters. The number of carbonyl (C=O) groups is 2. The lowest BCUT2D eigenvalue weighted by molar-refractivity contribution is -0.128. The van der Waals surface area contributed by atoms with Crippen molar-refractivity contribution in [3.63, 3.8) is 0 Å². The molecule has 1 saturated heterocycles. The van der Waals surface area contributed by atoms with E-state index in [-0.39, 0.29) is 29.8 Å². The molecule has 0 radical (unpaired) electrons. The molecule has 1 N–H and O–H groups in total. The second kappa shape index (κ2) is 4.81. The minimum atomic E-state index is -0.992. The first-order chi connectivity index (χ1) is 8.81. The monoisotopic (exact) mass is 284 g/mol. The van der Waals surface area contributed by atoms with Gasteiger partial charge >= 0.3 is 0 Å². The molecule has 102 valence electrons. The summed E-state index contributed by atoms with van der Waals surface area (Å²) in [5.74, 6) is -0.976. The smallest absolute Gasteiger partial charge is 0.252 e. The van der Waals surface area contributed by atoms with Gasteiger partial charge in [-0.2, -0.15) is 0 Å². The summed E-state index contributed by atoms with van der Waals surface area (Å²) in [6, 6.07) is 4.07. The molecule has 1 aliphatic rings. The Hall–Kier alpha value is -1.62. The van der Waals surface area contributed by atoms with Crippen LogP contribution in [0.5, 0.6) is 0 Å². The van der Waals surface area contributed by atoms with Crippen molar-refractivity contribution in [2.75, 3.05) is 11.4 Å². The van der Waals surface area contributed by atoms with Gasteiger partial charge in [-0.05, 0) is 32.0 Å². The van der Waals surface area contributed by atoms with E-state index in [0.717, 1.165) is 0 Å². The van der Waals surface area contributed by atoms with E-state index in [1.807, 2.05) is 0 Å². The molecule has 2 rings (SSSR count). The first kappa shape index (κ1) is 13.8. The Labute approximate surface area is 115 Å². The summed E-state index contributed by atoms with van der Waals surface area (Å²) in [6.45, 7) is 3.52. The summed E-state index contributed by atoms with van der Waals surface area (Å²) in [6.07, 6.45) is 0.199. The Bertz CT molecular complexity index is 545. The fourth-order valence-corrected chi connectivity index (χ4v) is 2.19. The topological polar surface area (TPSA) is 49.4 Å². The molecule has 1 aromatic carbocycles. The molecular formula is C13H14ClFN2O2. The van der Waals surface area contributed by atoms with Crippen LogP contribution in [0.1, 0.15) is 20.3 Å². The third-order valence-electron chi connectivity index (χ3n) is 3.01. The maximum atomic E-state index is 13.2. The minimum absolute atomic E-state index is 0.0494. The zero-order valence-electron chi connectivity index (χ0n) is 10.7. The van der Waals surface area contributed by atoms with Crippen LogP contribution in [0.25, 0.3) is 0 Å². The van der Waals surface area contributed by atoms with Crippen LogP contribution in [0.4, 0.5) is 10.1 Å². The molecule has 1 heterocycles. The molecule has 0 saturated carbocycles. The molecule has 1 fully saturated rings. The first-order valence-corrected chi connectivity index (χ1v) is 6.27. The highest BCUT2D eigenvalue weighted by Gasteiger charge is 2.37. The zero-order valence-corrected chi connectivity index (χ0v) is 11.4. The van der Waals surface area contributed by atoms with Crippen molar-refractivity contribution in [2.45, 2.75) is 25.8 Å². The molecule has 4 nitrogen and oxygen atoms in total. The lowest BCUT2D eigenvalue weighted by Crippen LogP contribution is -2.53. The molecule has 1 aromatic rings. The lowest BCUT2D eigenvalue weighted by Gasteiger charge is -2.29. The molecule has 6 heteroatoms. The second-order valence-corrected chi connectivity index (χ2v) is 5.39. The normalized spacial score (nSPS) is 19.1. The Morgan fingerprint density at radius 3 is 2.68 bits per heavy atom. The number of hydrogen-bond acceptors (Lipinski definition) is 2. The minimum Gasteiger partial charge on any atom is -0.342 e. The van der Waals surface area contributed by atoms with Gasteiger partial charge in [0.05, 0.1) is 5.02 Å². The number of carbonyl (C=O) groups excluding carboxylic acids is 2. The number of anilines is 1. The van der Waals surface area contributed by atoms with Crippen molar-refractivity contribution in [2.24, 2.45) is 0 Å². The number of rotatable bonds is 1. The lowest BCUT2D eigenvalue weighted by atomic mass is 10.0. The number of hydrogen-bond donors (Lipinski definition) is 1. The Morgan fingerprint density at radius 1 is 1.37 bits per heavy atom. The number of nitrogens with zero attached hydrogens (tertiary/aromatic N) is 1. The van der Waals surface area contributed by atoms with Crippen molar-refractivity contribution >= 4 is 29.1 Å². The standard InChI is InChI=1S/C13H14ClFN2O2/c1-13(2)12(19)17(6-5-11(18)16-13)8-3-4-10(15)9(14)7-8/h3-4,7H,5-6H2,1-2H3,(H,16,18). The van der Waals surface area contributed by atoms with Crippen LogP contribution in [0.15, 0.2) is 18.2 Å². The predicted octanol–water partition coefficient (Wildman–Crippen LogP) is 2.11. The Kier molecular flexibility index (Phi) is 3.49. The van der Waals surface area contributed by atoms with Gasteiger partial charge in [-0.3, -0.25) is 9.59 Å². The van der Waals surface area contributed by atoms with E-state index in [0.29, 0.717) is 5.69 Å². The van der Waals surface area contributed by atoms with E-state index >= 15 is 0 Å². The molecule has 0 aromatic heterocycles. The Balaban J connectivity index is 2.39. The summed E-state index contributed by atoms with van der Waals surface area (Å²) in [5.41, 5.74) is -0.505. The van der Waals surface area contributed by atoms with Gasteiger partial charge in [0.15, 0.2) is 0 Å². The molecule has 1 aliphatic heterocycles. The molecule has 19 heavy (non-hydrogen) atoms. The van der Waals surface area contributed by atoms with Crippen LogP contribution in [0, 0.1) is 5.82 Å². The summed E-state index contributed by atoms with van der Waals surface area (Å²) >= 11 is 5.73. The van der Waals surface area contributed by atoms with E-state index < -0.39 is 11.4 Å². The van der Waals surface area contributed by atoms with Crippen molar-refractivity contribution in [3.8, 4) is 0 Å². The van der Waals surface area contributed by atoms with Crippen LogP contribution in [-0.2, 0) is 9.59 Å². The average Bonchev–Trinajstić information content (AvgIpc) is 2.41. The van der Waals surface area contributed by atoms with Crippen LogP contribution >= 0.6 is 11.6 Å². The quantitative estimate of drug-likeness (QED) is 0.859. The number of amides is 2. The summed E-state index contributed by atoms with van der Waals surface area (Å²) in [5, 5.41) is 2.61. The van der Waals surface area contributed by atoms with Gasteiger partial charge in [0, 0.05) is 18.7 Å². The molecule has 0 atom stereocenters. The molecular weight excluding hydrogens is 271 g/mol. The van der Waals surface area contributed by atoms with Crippen LogP contribution in [-0.4, -0.2) is 23.9 Å². The first-order valence-electron chi connectivity index (χ1n) is 5.89. The maximum Gasteiger partial charge on any atom is 0.252 e. The average molecular weight is 285 g/mol. The van der Waals surface area contributed by atoms with Gasteiger partial charge in [0.25, 0.3) is 5.91 Å². The van der Waals surface area contributed by atoms with Crippen molar-refractivity contribution in [1.82, 2.24) is 5.32 Å². The Morgan fingerprint density at radius 2 is 2.05 bits per heavy atom. The zero-order chi connectivity index (χ0) is 14.2. The van der Waals surface area contributed by atoms with Gasteiger partial charge in [0.2, 0.25) is 5.91 Å². The summed E-state index contributed by atoms with van der Waals surface area (Å²) in [7, 11) is 0. The summed E-state index contributed by atoms with van der Waals surface area (Å²) < 4.78 is 13.2. The fourth-order valence-electron chi connectivity index (χ4n) is 2.02. The number of nitrogens with one attached hydrogen (secondary N) is 1. The fraction of sp³-hybridized carbons (Fsp3) is 0.385. The van der Waals surface area contributed by atoms with E-state index in [2.05, 4.69) is 5.32 Å². The largest absolute Gasteiger partial charge is 0.342 e. The van der Waals surface area contributed by atoms with Crippen molar-refractivity contribution in [3.05, 3.63) is 29.0 Å². The highest BCUT2D eigenvalue weighted by Crippen LogP contribution is 2.26. The summed E-state index contributed by atoms with van der Waals surface area (Å²) in [4.78, 5) is 25.4. The SMILES string of the molecule is CC1(C)NC(=O)CCN(c2ccc(F)c(Cl)c2)C1=O. The van der Waals surface area contributed by atoms with Gasteiger partial charge < -0.3 is 10.2 Å². The van der Waals surface area contributed by atoms with Crippen LogP contribution in [0.2, 0.25) is 5.02 Å². The van der Waals surface area contributed by atoms with E-state index in [1.54, 1.807) is 13.8 Å². The number of halogens is 2. The van der Waals surface area contributed by atoms with Gasteiger partial charge in [-0.25, -0.2) is 4.39 Å². The van der Waals surface area contributed by atoms with Gasteiger partial charge in [-0.15, -0.1) is 0 Å². The second-order valence-electron chi connectivity index (χ2n) is 4.98. The van der Waals surface area contributed by atoms with Crippen LogP contribution < -0.4 is 10.2 Å². The van der Waals surface area contributed by atoms with Crippen molar-refractivity contribution in [1.29, 1.82) is 0 Å². The van der Waals surface area contributed by atoms with E-state index in [9.17, 15) is 14.0 Å². The molecule has 0 bridgehead atoms. The molecule has 2 amide bonds. The molecule has 0 spiro atoms. The van der Waals surface area contributed by atoms with Gasteiger partial charge in [0.1, 0.15) is 11.4 Å². The maximum absolute atomic E-state index is 13.2. The van der Waals surface area contributed by atoms with Gasteiger partial charge in [-0.1, -0.05) is 11.6 Å². The van der Waals surface area contributed by atoms with E-state index in [1.165, 1.54) is 23.1 Å². The number of benzene rings is 1. The van der Waals surface area contributed by atoms with Crippen LogP contribution in [0.3, 0.4) is 0 Å². The third kappa shape index (κ3) is 2.71. The highest BCUT2D eigenvalue weighted by molar-refractivity contribution is 6.31. The third-order valence-corrected chi connectivity index (χ3v) is 3.30. The molecule has 0 aliphatic carbocycles. The predicted molar refractivity (Wildman–Crippen MR) is 70.6 cm³/mol.